The number of benzene rings is 2. The number of fused-ring (bicyclic) bond motifs is 1. The minimum atomic E-state index is -0.180. The Morgan fingerprint density at radius 3 is 2.71 bits per heavy atom. The maximum absolute atomic E-state index is 12.2. The van der Waals surface area contributed by atoms with E-state index in [-0.39, 0.29) is 11.9 Å². The summed E-state index contributed by atoms with van der Waals surface area (Å²) in [5.74, 6) is -0.180. The van der Waals surface area contributed by atoms with Crippen LogP contribution in [0.1, 0.15) is 23.9 Å². The van der Waals surface area contributed by atoms with E-state index in [1.165, 1.54) is 17.4 Å². The molecular formula is C22H24N4OS. The Hall–Kier alpha value is -2.83. The first-order valence-electron chi connectivity index (χ1n) is 9.11. The molecule has 2 aromatic carbocycles. The molecule has 1 aromatic heterocycles. The molecule has 5 nitrogen and oxygen atoms in total. The van der Waals surface area contributed by atoms with E-state index < -0.39 is 0 Å². The predicted octanol–water partition coefficient (Wildman–Crippen LogP) is 4.66. The first-order valence-corrected chi connectivity index (χ1v) is 9.93. The fourth-order valence-electron chi connectivity index (χ4n) is 2.62. The third-order valence-electron chi connectivity index (χ3n) is 4.52. The number of nitrogens with zero attached hydrogens (tertiary/aromatic N) is 2. The van der Waals surface area contributed by atoms with Gasteiger partial charge in [-0.25, -0.2) is 4.98 Å². The van der Waals surface area contributed by atoms with Crippen molar-refractivity contribution in [3.05, 3.63) is 65.2 Å². The summed E-state index contributed by atoms with van der Waals surface area (Å²) in [5, 5.41) is 11.9. The van der Waals surface area contributed by atoms with E-state index in [0.29, 0.717) is 12.1 Å². The van der Waals surface area contributed by atoms with E-state index in [1.54, 1.807) is 6.08 Å². The number of thiazole rings is 1. The minimum absolute atomic E-state index is 0.180. The predicted molar refractivity (Wildman–Crippen MR) is 118 cm³/mol. The van der Waals surface area contributed by atoms with E-state index in [0.717, 1.165) is 26.5 Å². The monoisotopic (exact) mass is 392 g/mol. The van der Waals surface area contributed by atoms with Crippen LogP contribution in [0.3, 0.4) is 0 Å². The summed E-state index contributed by atoms with van der Waals surface area (Å²) < 4.78 is 0.960. The molecule has 144 valence electrons. The van der Waals surface area contributed by atoms with Crippen molar-refractivity contribution in [2.75, 3.05) is 19.4 Å². The maximum Gasteiger partial charge on any atom is 0.248 e. The molecule has 2 N–H and O–H groups in total. The number of hydrogen-bond acceptors (Lipinski definition) is 5. The standard InChI is InChI=1S/C22H24N4OS/c1-15(26(2)3)13-18(23)22-25-19-11-10-17(14-20(19)28-22)24-21(27)12-9-16-7-5-4-6-8-16/h4-12,14-15,23H,13H2,1-3H3,(H,24,27). The molecule has 0 bridgehead atoms. The van der Waals surface area contributed by atoms with E-state index in [4.69, 9.17) is 5.41 Å². The minimum Gasteiger partial charge on any atom is -0.322 e. The number of aromatic nitrogens is 1. The van der Waals surface area contributed by atoms with Crippen molar-refractivity contribution in [1.29, 1.82) is 5.41 Å². The number of amides is 1. The molecule has 0 radical (unpaired) electrons. The van der Waals surface area contributed by atoms with Gasteiger partial charge in [0.05, 0.1) is 15.9 Å². The highest BCUT2D eigenvalue weighted by Gasteiger charge is 2.14. The molecule has 1 amide bonds. The molecule has 1 atom stereocenters. The second-order valence-electron chi connectivity index (χ2n) is 6.93. The highest BCUT2D eigenvalue weighted by atomic mass is 32.1. The molecule has 0 saturated heterocycles. The number of anilines is 1. The van der Waals surface area contributed by atoms with Crippen molar-refractivity contribution < 1.29 is 4.79 Å². The van der Waals surface area contributed by atoms with Gasteiger partial charge in [0.15, 0.2) is 0 Å². The van der Waals surface area contributed by atoms with Gasteiger partial charge in [0.25, 0.3) is 0 Å². The van der Waals surface area contributed by atoms with Crippen molar-refractivity contribution in [2.24, 2.45) is 0 Å². The van der Waals surface area contributed by atoms with Crippen LogP contribution in [0.4, 0.5) is 5.69 Å². The molecule has 0 aliphatic heterocycles. The average Bonchev–Trinajstić information content (AvgIpc) is 3.10. The van der Waals surface area contributed by atoms with Crippen molar-refractivity contribution in [1.82, 2.24) is 9.88 Å². The van der Waals surface area contributed by atoms with Gasteiger partial charge in [-0.3, -0.25) is 4.79 Å². The van der Waals surface area contributed by atoms with Gasteiger partial charge in [0.2, 0.25) is 5.91 Å². The molecule has 0 spiro atoms. The molecule has 6 heteroatoms. The first-order chi connectivity index (χ1) is 13.4. The summed E-state index contributed by atoms with van der Waals surface area (Å²) >= 11 is 1.49. The second kappa shape index (κ2) is 8.91. The summed E-state index contributed by atoms with van der Waals surface area (Å²) in [4.78, 5) is 18.8. The lowest BCUT2D eigenvalue weighted by molar-refractivity contribution is -0.111. The zero-order valence-electron chi connectivity index (χ0n) is 16.3. The lowest BCUT2D eigenvalue weighted by atomic mass is 10.1. The van der Waals surface area contributed by atoms with E-state index >= 15 is 0 Å². The highest BCUT2D eigenvalue weighted by molar-refractivity contribution is 7.20. The molecule has 1 unspecified atom stereocenters. The van der Waals surface area contributed by atoms with Gasteiger partial charge in [0.1, 0.15) is 5.01 Å². The lowest BCUT2D eigenvalue weighted by Gasteiger charge is -2.19. The Morgan fingerprint density at radius 2 is 2.00 bits per heavy atom. The first kappa shape index (κ1) is 19.9. The smallest absolute Gasteiger partial charge is 0.248 e. The zero-order valence-corrected chi connectivity index (χ0v) is 17.1. The molecule has 0 saturated carbocycles. The summed E-state index contributed by atoms with van der Waals surface area (Å²) in [6, 6.07) is 15.6. The Bertz CT molecular complexity index is 1010. The maximum atomic E-state index is 12.2. The molecule has 0 fully saturated rings. The quantitative estimate of drug-likeness (QED) is 0.454. The largest absolute Gasteiger partial charge is 0.322 e. The lowest BCUT2D eigenvalue weighted by Crippen LogP contribution is -2.27. The number of hydrogen-bond donors (Lipinski definition) is 2. The number of carbonyl (C=O) groups is 1. The molecule has 0 aliphatic carbocycles. The fourth-order valence-corrected chi connectivity index (χ4v) is 3.58. The Balaban J connectivity index is 1.69. The zero-order chi connectivity index (χ0) is 20.1. The third kappa shape index (κ3) is 5.12. The average molecular weight is 393 g/mol. The third-order valence-corrected chi connectivity index (χ3v) is 5.60. The van der Waals surface area contributed by atoms with Crippen LogP contribution in [-0.4, -0.2) is 41.6 Å². The normalized spacial score (nSPS) is 12.6. The molecule has 1 heterocycles. The van der Waals surface area contributed by atoms with Gasteiger partial charge in [0, 0.05) is 24.2 Å². The van der Waals surface area contributed by atoms with Gasteiger partial charge >= 0.3 is 0 Å². The van der Waals surface area contributed by atoms with Crippen LogP contribution in [0.15, 0.2) is 54.6 Å². The van der Waals surface area contributed by atoms with Gasteiger partial charge < -0.3 is 15.6 Å². The Kier molecular flexibility index (Phi) is 6.34. The van der Waals surface area contributed by atoms with Crippen LogP contribution in [0.2, 0.25) is 0 Å². The van der Waals surface area contributed by atoms with E-state index in [2.05, 4.69) is 22.1 Å². The van der Waals surface area contributed by atoms with Crippen LogP contribution in [0.25, 0.3) is 16.3 Å². The SMILES string of the molecule is CC(CC(=N)c1nc2ccc(NC(=O)C=Cc3ccccc3)cc2s1)N(C)C. The fraction of sp³-hybridized carbons (Fsp3) is 0.227. The van der Waals surface area contributed by atoms with Crippen LogP contribution >= 0.6 is 11.3 Å². The van der Waals surface area contributed by atoms with E-state index in [1.807, 2.05) is 62.6 Å². The van der Waals surface area contributed by atoms with Gasteiger partial charge in [-0.1, -0.05) is 30.3 Å². The van der Waals surface area contributed by atoms with Crippen LogP contribution in [0.5, 0.6) is 0 Å². The van der Waals surface area contributed by atoms with Gasteiger partial charge in [-0.15, -0.1) is 11.3 Å². The van der Waals surface area contributed by atoms with E-state index in [9.17, 15) is 4.79 Å². The number of carbonyl (C=O) groups excluding carboxylic acids is 1. The molecule has 3 rings (SSSR count). The van der Waals surface area contributed by atoms with Crippen LogP contribution in [0, 0.1) is 5.41 Å². The summed E-state index contributed by atoms with van der Waals surface area (Å²) in [6.07, 6.45) is 3.96. The van der Waals surface area contributed by atoms with Crippen molar-refractivity contribution >= 4 is 44.9 Å². The van der Waals surface area contributed by atoms with Gasteiger partial charge in [-0.05, 0) is 50.9 Å². The van der Waals surface area contributed by atoms with Crippen LogP contribution in [-0.2, 0) is 4.79 Å². The number of nitrogens with one attached hydrogen (secondary N) is 2. The van der Waals surface area contributed by atoms with Gasteiger partial charge in [-0.2, -0.15) is 0 Å². The molecule has 28 heavy (non-hydrogen) atoms. The van der Waals surface area contributed by atoms with Crippen molar-refractivity contribution in [2.45, 2.75) is 19.4 Å². The summed E-state index contributed by atoms with van der Waals surface area (Å²) in [7, 11) is 4.02. The Morgan fingerprint density at radius 1 is 1.25 bits per heavy atom. The molecule has 0 aliphatic rings. The second-order valence-corrected chi connectivity index (χ2v) is 7.96. The molecular weight excluding hydrogens is 368 g/mol. The summed E-state index contributed by atoms with van der Waals surface area (Å²) in [6.45, 7) is 2.10. The molecule has 3 aromatic rings. The Labute approximate surface area is 169 Å². The van der Waals surface area contributed by atoms with Crippen molar-refractivity contribution in [3.8, 4) is 0 Å². The number of rotatable bonds is 7. The topological polar surface area (TPSA) is 69.1 Å². The summed E-state index contributed by atoms with van der Waals surface area (Å²) in [5.41, 5.74) is 3.09. The van der Waals surface area contributed by atoms with Crippen molar-refractivity contribution in [3.63, 3.8) is 0 Å². The highest BCUT2D eigenvalue weighted by Crippen LogP contribution is 2.26. The van der Waals surface area contributed by atoms with Crippen LogP contribution < -0.4 is 5.32 Å².